The van der Waals surface area contributed by atoms with Crippen molar-refractivity contribution in [3.8, 4) is 11.3 Å². The molecule has 0 saturated carbocycles. The Balaban J connectivity index is 0.00000456. The Morgan fingerprint density at radius 2 is 1.89 bits per heavy atom. The molecule has 0 spiro atoms. The molecule has 0 fully saturated rings. The summed E-state index contributed by atoms with van der Waals surface area (Å²) in [6.45, 7) is 3.92. The van der Waals surface area contributed by atoms with Crippen LogP contribution in [-0.2, 0) is 11.8 Å². The molecule has 0 aliphatic rings. The van der Waals surface area contributed by atoms with E-state index >= 15 is 0 Å². The van der Waals surface area contributed by atoms with E-state index in [0.29, 0.717) is 34.4 Å². The first-order chi connectivity index (χ1) is 16.6. The molecule has 2 N–H and O–H groups in total. The summed E-state index contributed by atoms with van der Waals surface area (Å²) in [7, 11) is 3.51. The molecule has 0 saturated heterocycles. The zero-order chi connectivity index (χ0) is 25.7. The summed E-state index contributed by atoms with van der Waals surface area (Å²) in [4.78, 5) is 26.1. The van der Waals surface area contributed by atoms with Crippen LogP contribution in [0.3, 0.4) is 0 Å². The molecular formula is C24H28FN6NaO4. The van der Waals surface area contributed by atoms with Gasteiger partial charge in [-0.2, -0.15) is 10.1 Å². The Labute approximate surface area is 230 Å². The predicted molar refractivity (Wildman–Crippen MR) is 126 cm³/mol. The maximum absolute atomic E-state index is 13.6. The summed E-state index contributed by atoms with van der Waals surface area (Å²) in [5.74, 6) is -0.968. The molecule has 0 amide bonds. The molecule has 2 aromatic heterocycles. The van der Waals surface area contributed by atoms with Crippen molar-refractivity contribution in [1.82, 2.24) is 24.7 Å². The maximum atomic E-state index is 13.6. The molecule has 0 aliphatic heterocycles. The fourth-order valence-electron chi connectivity index (χ4n) is 3.58. The zero-order valence-electron chi connectivity index (χ0n) is 21.0. The van der Waals surface area contributed by atoms with Gasteiger partial charge in [-0.1, -0.05) is 26.0 Å². The van der Waals surface area contributed by atoms with Crippen molar-refractivity contribution < 1.29 is 54.1 Å². The zero-order valence-corrected chi connectivity index (χ0v) is 23.0. The molecule has 0 unspecified atom stereocenters. The smallest absolute Gasteiger partial charge is 0.550 e. The molecule has 3 rings (SSSR count). The molecule has 0 aliphatic carbocycles. The van der Waals surface area contributed by atoms with Crippen molar-refractivity contribution in [3.05, 3.63) is 53.7 Å². The fourth-order valence-corrected chi connectivity index (χ4v) is 3.58. The second kappa shape index (κ2) is 13.0. The van der Waals surface area contributed by atoms with Gasteiger partial charge in [0.1, 0.15) is 12.1 Å². The largest absolute Gasteiger partial charge is 1.00 e. The van der Waals surface area contributed by atoms with Gasteiger partial charge in [-0.15, -0.1) is 0 Å². The number of rotatable bonds is 10. The number of halogens is 1. The van der Waals surface area contributed by atoms with E-state index in [1.165, 1.54) is 24.5 Å². The van der Waals surface area contributed by atoms with Gasteiger partial charge in [-0.25, -0.2) is 19.0 Å². The van der Waals surface area contributed by atoms with E-state index in [-0.39, 0.29) is 41.9 Å². The van der Waals surface area contributed by atoms with Gasteiger partial charge in [0.15, 0.2) is 0 Å². The van der Waals surface area contributed by atoms with Crippen LogP contribution in [-0.4, -0.2) is 60.2 Å². The van der Waals surface area contributed by atoms with Gasteiger partial charge in [0.25, 0.3) is 0 Å². The van der Waals surface area contributed by atoms with Crippen LogP contribution < -0.4 is 39.6 Å². The van der Waals surface area contributed by atoms with E-state index in [9.17, 15) is 24.5 Å². The number of anilines is 2. The normalized spacial score (nSPS) is 13.0. The molecule has 3 aromatic rings. The van der Waals surface area contributed by atoms with Gasteiger partial charge in [-0.3, -0.25) is 4.90 Å². The van der Waals surface area contributed by atoms with Crippen molar-refractivity contribution in [2.75, 3.05) is 11.9 Å². The second-order valence-electron chi connectivity index (χ2n) is 8.47. The molecule has 186 valence electrons. The van der Waals surface area contributed by atoms with Crippen LogP contribution in [0.5, 0.6) is 0 Å². The first-order valence-electron chi connectivity index (χ1n) is 11.1. The number of nitrogens with zero attached hydrogens (tertiary/aromatic N) is 6. The van der Waals surface area contributed by atoms with Crippen molar-refractivity contribution in [2.24, 2.45) is 7.05 Å². The van der Waals surface area contributed by atoms with Crippen LogP contribution in [0, 0.1) is 5.82 Å². The van der Waals surface area contributed by atoms with Crippen molar-refractivity contribution >= 4 is 23.9 Å². The van der Waals surface area contributed by atoms with Gasteiger partial charge < -0.3 is 20.1 Å². The van der Waals surface area contributed by atoms with Crippen LogP contribution >= 0.6 is 0 Å². The van der Waals surface area contributed by atoms with Crippen LogP contribution in [0.1, 0.15) is 43.9 Å². The number of benzene rings is 1. The van der Waals surface area contributed by atoms with Crippen molar-refractivity contribution in [3.63, 3.8) is 0 Å². The van der Waals surface area contributed by atoms with Gasteiger partial charge in [0, 0.05) is 44.0 Å². The molecule has 12 heteroatoms. The Morgan fingerprint density at radius 1 is 1.22 bits per heavy atom. The summed E-state index contributed by atoms with van der Waals surface area (Å²) in [5.41, 5.74) is 2.41. The van der Waals surface area contributed by atoms with E-state index in [0.717, 1.165) is 0 Å². The minimum Gasteiger partial charge on any atom is -0.550 e. The van der Waals surface area contributed by atoms with Gasteiger partial charge >= 0.3 is 29.6 Å². The molecule has 0 bridgehead atoms. The monoisotopic (exact) mass is 506 g/mol. The Hall–Kier alpha value is -2.70. The summed E-state index contributed by atoms with van der Waals surface area (Å²) < 4.78 is 15.2. The Morgan fingerprint density at radius 3 is 2.44 bits per heavy atom. The number of aromatic nitrogens is 5. The summed E-state index contributed by atoms with van der Waals surface area (Å²) in [5, 5.41) is 34.9. The molecule has 10 nitrogen and oxygen atoms in total. The minimum atomic E-state index is -1.40. The van der Waals surface area contributed by atoms with E-state index in [4.69, 9.17) is 9.97 Å². The number of aliphatic hydroxyl groups is 2. The average molecular weight is 507 g/mol. The number of aryl methyl sites for hydroxylation is 1. The number of carbonyl (C=O) groups is 1. The number of hydrogen-bond acceptors (Lipinski definition) is 9. The van der Waals surface area contributed by atoms with Crippen LogP contribution in [0.2, 0.25) is 0 Å². The molecule has 2 heterocycles. The standard InChI is InChI=1S/C24H29FN6O4.Na/c1-14(2)21-19(10-9-17(32)11-18(33)12-20(34)35)22(15-5-7-16(25)8-6-15)29-23(28-21)30(3)24-26-13-27-31(24)4;/h5-10,13-14,17-18,32-33H,11-12H2,1-4H3,(H,34,35);/q;+1/p-1/b10-9+;/t17-,18-;/m1./s1. The third kappa shape index (κ3) is 7.40. The maximum Gasteiger partial charge on any atom is 1.00 e. The van der Waals surface area contributed by atoms with Gasteiger partial charge in [0.05, 0.1) is 23.6 Å². The number of carboxylic acid groups (broad SMARTS) is 1. The number of hydrogen-bond donors (Lipinski definition) is 2. The Kier molecular flexibility index (Phi) is 10.7. The summed E-state index contributed by atoms with van der Waals surface area (Å²) in [6, 6.07) is 5.87. The average Bonchev–Trinajstić information content (AvgIpc) is 3.22. The number of aliphatic carboxylic acids is 1. The number of carbonyl (C=O) groups excluding carboxylic acids is 1. The molecule has 36 heavy (non-hydrogen) atoms. The van der Waals surface area contributed by atoms with Crippen LogP contribution in [0.25, 0.3) is 17.3 Å². The van der Waals surface area contributed by atoms with E-state index < -0.39 is 30.4 Å². The predicted octanol–water partition coefficient (Wildman–Crippen LogP) is -1.43. The first kappa shape index (κ1) is 29.5. The van der Waals surface area contributed by atoms with E-state index in [1.807, 2.05) is 13.8 Å². The quantitative estimate of drug-likeness (QED) is 0.317. The summed E-state index contributed by atoms with van der Waals surface area (Å²) >= 11 is 0. The number of carboxylic acids is 1. The number of aliphatic hydroxyl groups excluding tert-OH is 2. The first-order valence-corrected chi connectivity index (χ1v) is 11.1. The molecular weight excluding hydrogens is 478 g/mol. The van der Waals surface area contributed by atoms with Crippen molar-refractivity contribution in [2.45, 2.75) is 44.8 Å². The minimum absolute atomic E-state index is 0. The molecule has 2 atom stereocenters. The van der Waals surface area contributed by atoms with Crippen LogP contribution in [0.4, 0.5) is 16.3 Å². The molecule has 0 radical (unpaired) electrons. The SMILES string of the molecule is CC(C)c1nc(N(C)c2ncnn2C)nc(-c2ccc(F)cc2)c1/C=C/[C@@H](O)C[C@@H](O)CC(=O)[O-].[Na+]. The van der Waals surface area contributed by atoms with Crippen LogP contribution in [0.15, 0.2) is 36.7 Å². The Bertz CT molecular complexity index is 1200. The van der Waals surface area contributed by atoms with Crippen molar-refractivity contribution in [1.29, 1.82) is 0 Å². The molecule has 1 aromatic carbocycles. The van der Waals surface area contributed by atoms with E-state index in [2.05, 4.69) is 10.1 Å². The van der Waals surface area contributed by atoms with Gasteiger partial charge in [-0.05, 0) is 30.2 Å². The third-order valence-electron chi connectivity index (χ3n) is 5.32. The third-order valence-corrected chi connectivity index (χ3v) is 5.32. The van der Waals surface area contributed by atoms with E-state index in [1.54, 1.807) is 41.9 Å². The topological polar surface area (TPSA) is 140 Å². The summed E-state index contributed by atoms with van der Waals surface area (Å²) in [6.07, 6.45) is 1.38. The van der Waals surface area contributed by atoms with Gasteiger partial charge in [0.2, 0.25) is 11.9 Å². The second-order valence-corrected chi connectivity index (χ2v) is 8.47. The fraction of sp³-hybridized carbons (Fsp3) is 0.375.